The number of esters is 1. The first-order chi connectivity index (χ1) is 18.3. The van der Waals surface area contributed by atoms with Crippen LogP contribution in [0, 0.1) is 15.7 Å². The molecule has 0 aromatic heterocycles. The van der Waals surface area contributed by atoms with Crippen LogP contribution in [0.1, 0.15) is 20.8 Å². The van der Waals surface area contributed by atoms with E-state index in [2.05, 4.69) is 41.7 Å². The SMILES string of the molecule is COC(=O)CSC=C(NC(=O)C(C)(C)C)[P+](c1ccccc1)(c1ccccc1)c1ccccc1.[O-][Cl+3]([O-])([O-])[O-]. The minimum absolute atomic E-state index is 0.0791. The highest BCUT2D eigenvalue weighted by atomic mass is 35.7. The molecule has 0 heterocycles. The lowest BCUT2D eigenvalue weighted by molar-refractivity contribution is -2.00. The van der Waals surface area contributed by atoms with Crippen LogP contribution in [0.4, 0.5) is 0 Å². The Kier molecular flexibility index (Phi) is 12.1. The summed E-state index contributed by atoms with van der Waals surface area (Å²) in [5.74, 6) is -0.237. The van der Waals surface area contributed by atoms with Gasteiger partial charge in [-0.1, -0.05) is 75.4 Å². The van der Waals surface area contributed by atoms with Crippen molar-refractivity contribution in [2.24, 2.45) is 5.41 Å². The fourth-order valence-electron chi connectivity index (χ4n) is 3.56. The molecule has 0 saturated heterocycles. The predicted molar refractivity (Wildman–Crippen MR) is 145 cm³/mol. The molecule has 0 spiro atoms. The zero-order valence-electron chi connectivity index (χ0n) is 22.0. The molecule has 0 radical (unpaired) electrons. The highest BCUT2D eigenvalue weighted by Gasteiger charge is 2.51. The lowest BCUT2D eigenvalue weighted by Gasteiger charge is -2.30. The van der Waals surface area contributed by atoms with Crippen LogP contribution in [0.5, 0.6) is 0 Å². The lowest BCUT2D eigenvalue weighted by atomic mass is 9.96. The number of thioether (sulfide) groups is 1. The summed E-state index contributed by atoms with van der Waals surface area (Å²) in [6.45, 7) is 5.69. The molecular weight excluding hydrogens is 561 g/mol. The third-order valence-corrected chi connectivity index (χ3v) is 10.5. The molecule has 1 amide bonds. The van der Waals surface area contributed by atoms with Gasteiger partial charge in [-0.05, 0) is 36.4 Å². The van der Waals surface area contributed by atoms with Crippen molar-refractivity contribution in [3.05, 3.63) is 102 Å². The molecule has 0 aliphatic carbocycles. The van der Waals surface area contributed by atoms with Crippen LogP contribution in [0.3, 0.4) is 0 Å². The summed E-state index contributed by atoms with van der Waals surface area (Å²) in [6.07, 6.45) is 0. The molecule has 3 aromatic carbocycles. The normalized spacial score (nSPS) is 12.2. The summed E-state index contributed by atoms with van der Waals surface area (Å²) in [4.78, 5) is 25.2. The first-order valence-corrected chi connectivity index (χ1v) is 15.8. The van der Waals surface area contributed by atoms with Crippen LogP contribution in [0.25, 0.3) is 0 Å². The van der Waals surface area contributed by atoms with Crippen molar-refractivity contribution in [2.75, 3.05) is 12.9 Å². The standard InChI is InChI=1S/C28H30NO3PS.ClHO4/c1-28(2,3)27(31)29-25(20-34-21-26(30)32-4)33(22-14-8-5-9-15-22,23-16-10-6-11-17-23)24-18-12-7-13-19-24;2-1(3,4)5/h5-20H,21H2,1-4H3;(H,2,3,4,5). The van der Waals surface area contributed by atoms with Crippen LogP contribution in [0.2, 0.25) is 0 Å². The summed E-state index contributed by atoms with van der Waals surface area (Å²) in [5, 5.41) is 8.57. The summed E-state index contributed by atoms with van der Waals surface area (Å²) >= 11 is 1.33. The zero-order valence-corrected chi connectivity index (χ0v) is 24.5. The van der Waals surface area contributed by atoms with Crippen molar-refractivity contribution in [1.82, 2.24) is 5.32 Å². The van der Waals surface area contributed by atoms with Crippen molar-refractivity contribution in [3.63, 3.8) is 0 Å². The van der Waals surface area contributed by atoms with Gasteiger partial charge < -0.3 is 4.74 Å². The quantitative estimate of drug-likeness (QED) is 0.286. The van der Waals surface area contributed by atoms with Crippen molar-refractivity contribution in [3.8, 4) is 0 Å². The van der Waals surface area contributed by atoms with E-state index in [-0.39, 0.29) is 17.6 Å². The van der Waals surface area contributed by atoms with Crippen LogP contribution < -0.4 is 39.9 Å². The van der Waals surface area contributed by atoms with Crippen molar-refractivity contribution < 1.29 is 43.2 Å². The summed E-state index contributed by atoms with van der Waals surface area (Å²) in [7, 11) is -6.06. The predicted octanol–water partition coefficient (Wildman–Crippen LogP) is 0.0919. The molecule has 3 aromatic rings. The Labute approximate surface area is 235 Å². The molecule has 1 N–H and O–H groups in total. The van der Waals surface area contributed by atoms with Gasteiger partial charge in [-0.25, -0.2) is 18.6 Å². The second-order valence-electron chi connectivity index (χ2n) is 9.15. The number of carbonyl (C=O) groups is 2. The fraction of sp³-hybridized carbons (Fsp3) is 0.214. The Morgan fingerprint density at radius 3 is 1.49 bits per heavy atom. The maximum absolute atomic E-state index is 13.3. The Hall–Kier alpha value is -2.75. The van der Waals surface area contributed by atoms with Crippen molar-refractivity contribution in [1.29, 1.82) is 0 Å². The van der Waals surface area contributed by atoms with Gasteiger partial charge in [0.1, 0.15) is 15.9 Å². The van der Waals surface area contributed by atoms with E-state index >= 15 is 0 Å². The van der Waals surface area contributed by atoms with Crippen molar-refractivity contribution in [2.45, 2.75) is 20.8 Å². The van der Waals surface area contributed by atoms with E-state index in [0.29, 0.717) is 0 Å². The topological polar surface area (TPSA) is 148 Å². The van der Waals surface area contributed by atoms with E-state index < -0.39 is 22.9 Å². The highest BCUT2D eigenvalue weighted by molar-refractivity contribution is 8.04. The van der Waals surface area contributed by atoms with Gasteiger partial charge in [-0.2, -0.15) is 0 Å². The van der Waals surface area contributed by atoms with Crippen LogP contribution in [-0.4, -0.2) is 24.7 Å². The van der Waals surface area contributed by atoms with Gasteiger partial charge in [0.15, 0.2) is 12.7 Å². The number of halogens is 1. The number of carbonyl (C=O) groups excluding carboxylic acids is 2. The van der Waals surface area contributed by atoms with Gasteiger partial charge in [-0.3, -0.25) is 14.9 Å². The summed E-state index contributed by atoms with van der Waals surface area (Å²) in [6, 6.07) is 30.9. The average molecular weight is 592 g/mol. The highest BCUT2D eigenvalue weighted by Crippen LogP contribution is 2.61. The van der Waals surface area contributed by atoms with E-state index in [1.165, 1.54) is 18.9 Å². The third kappa shape index (κ3) is 9.74. The van der Waals surface area contributed by atoms with Crippen LogP contribution in [-0.2, 0) is 14.3 Å². The van der Waals surface area contributed by atoms with E-state index in [0.717, 1.165) is 21.4 Å². The molecule has 0 aliphatic rings. The molecule has 0 saturated carbocycles. The van der Waals surface area contributed by atoms with Gasteiger partial charge >= 0.3 is 5.97 Å². The minimum atomic E-state index is -4.94. The molecule has 0 atom stereocenters. The Morgan fingerprint density at radius 1 is 0.821 bits per heavy atom. The van der Waals surface area contributed by atoms with Gasteiger partial charge in [0.2, 0.25) is 5.91 Å². The lowest BCUT2D eigenvalue weighted by Crippen LogP contribution is -2.68. The van der Waals surface area contributed by atoms with Gasteiger partial charge in [0.25, 0.3) is 0 Å². The van der Waals surface area contributed by atoms with Gasteiger partial charge in [0, 0.05) is 10.8 Å². The number of hydrogen-bond acceptors (Lipinski definition) is 8. The van der Waals surface area contributed by atoms with Crippen molar-refractivity contribution >= 4 is 46.8 Å². The smallest absolute Gasteiger partial charge is 0.315 e. The van der Waals surface area contributed by atoms with Gasteiger partial charge in [0.05, 0.1) is 12.9 Å². The number of hydrogen-bond donors (Lipinski definition) is 1. The molecule has 0 unspecified atom stereocenters. The maximum Gasteiger partial charge on any atom is 0.315 e. The number of benzene rings is 3. The number of ether oxygens (including phenoxy) is 1. The molecule has 39 heavy (non-hydrogen) atoms. The molecule has 8 nitrogen and oxygen atoms in total. The van der Waals surface area contributed by atoms with E-state index in [9.17, 15) is 9.59 Å². The molecule has 208 valence electrons. The minimum Gasteiger partial charge on any atom is -0.468 e. The first kappa shape index (κ1) is 32.5. The van der Waals surface area contributed by atoms with Crippen LogP contribution in [0.15, 0.2) is 102 Å². The number of rotatable bonds is 8. The second-order valence-corrected chi connectivity index (χ2v) is 14.1. The second kappa shape index (κ2) is 14.6. The third-order valence-electron chi connectivity index (χ3n) is 5.34. The first-order valence-electron chi connectivity index (χ1n) is 11.7. The Bertz CT molecular complexity index is 1130. The van der Waals surface area contributed by atoms with E-state index in [4.69, 9.17) is 23.4 Å². The number of amides is 1. The number of methoxy groups -OCH3 is 1. The molecular formula is C28H31ClNO7PS. The Morgan fingerprint density at radius 2 is 1.18 bits per heavy atom. The maximum atomic E-state index is 13.3. The van der Waals surface area contributed by atoms with E-state index in [1.54, 1.807) is 0 Å². The fourth-order valence-corrected chi connectivity index (χ4v) is 8.83. The molecule has 11 heteroatoms. The molecule has 0 fully saturated rings. The summed E-state index contributed by atoms with van der Waals surface area (Å²) < 4.78 is 38.8. The average Bonchev–Trinajstić information content (AvgIpc) is 2.89. The summed E-state index contributed by atoms with van der Waals surface area (Å²) in [5.41, 5.74) is 0.205. The van der Waals surface area contributed by atoms with Crippen LogP contribution >= 0.6 is 19.0 Å². The largest absolute Gasteiger partial charge is 0.468 e. The van der Waals surface area contributed by atoms with E-state index in [1.807, 2.05) is 80.8 Å². The molecule has 3 rings (SSSR count). The molecule has 0 aliphatic heterocycles. The monoisotopic (exact) mass is 591 g/mol. The van der Waals surface area contributed by atoms with Gasteiger partial charge in [-0.15, -0.1) is 22.0 Å². The molecule has 0 bridgehead atoms. The number of nitrogens with one attached hydrogen (secondary N) is 1. The zero-order chi connectivity index (χ0) is 29.1. The Balaban J connectivity index is 0.000000976.